The summed E-state index contributed by atoms with van der Waals surface area (Å²) in [6.45, 7) is 2.89. The third-order valence-electron chi connectivity index (χ3n) is 6.43. The number of aryl methyl sites for hydroxylation is 2. The van der Waals surface area contributed by atoms with Crippen LogP contribution in [0.25, 0.3) is 11.4 Å². The van der Waals surface area contributed by atoms with Crippen molar-refractivity contribution in [1.29, 1.82) is 0 Å². The predicted octanol–water partition coefficient (Wildman–Crippen LogP) is 2.57. The quantitative estimate of drug-likeness (QED) is 0.615. The molecule has 1 saturated carbocycles. The molecule has 0 bridgehead atoms. The number of aromatic nitrogens is 4. The van der Waals surface area contributed by atoms with E-state index in [1.54, 1.807) is 35.8 Å². The highest BCUT2D eigenvalue weighted by molar-refractivity contribution is 5.72. The van der Waals surface area contributed by atoms with E-state index in [1.165, 1.54) is 6.42 Å². The molecule has 0 aromatic carbocycles. The van der Waals surface area contributed by atoms with Crippen LogP contribution in [0.5, 0.6) is 5.75 Å². The number of carboxylic acids is 1. The van der Waals surface area contributed by atoms with Gasteiger partial charge in [-0.1, -0.05) is 11.6 Å². The maximum absolute atomic E-state index is 12.4. The van der Waals surface area contributed by atoms with E-state index in [0.29, 0.717) is 54.0 Å². The van der Waals surface area contributed by atoms with E-state index in [2.05, 4.69) is 15.3 Å². The molecule has 0 spiro atoms. The van der Waals surface area contributed by atoms with E-state index in [1.807, 2.05) is 6.92 Å². The molecule has 1 aliphatic heterocycles. The van der Waals surface area contributed by atoms with Gasteiger partial charge in [0.2, 0.25) is 0 Å². The van der Waals surface area contributed by atoms with Crippen LogP contribution in [0.2, 0.25) is 0 Å². The van der Waals surface area contributed by atoms with Gasteiger partial charge in [-0.2, -0.15) is 0 Å². The molecule has 3 heterocycles. The van der Waals surface area contributed by atoms with Gasteiger partial charge in [-0.15, -0.1) is 5.10 Å². The van der Waals surface area contributed by atoms with Crippen LogP contribution in [-0.4, -0.2) is 74.5 Å². The zero-order valence-electron chi connectivity index (χ0n) is 19.8. The van der Waals surface area contributed by atoms with Crippen LogP contribution in [0.15, 0.2) is 12.1 Å². The first-order valence-corrected chi connectivity index (χ1v) is 11.6. The Labute approximate surface area is 198 Å². The van der Waals surface area contributed by atoms with Gasteiger partial charge in [0.05, 0.1) is 18.0 Å². The summed E-state index contributed by atoms with van der Waals surface area (Å²) >= 11 is 0. The highest BCUT2D eigenvalue weighted by Gasteiger charge is 2.29. The molecular weight excluding hydrogens is 442 g/mol. The van der Waals surface area contributed by atoms with Gasteiger partial charge in [0.15, 0.2) is 6.10 Å². The van der Waals surface area contributed by atoms with Crippen LogP contribution < -0.4 is 4.74 Å². The van der Waals surface area contributed by atoms with Crippen LogP contribution in [0.3, 0.4) is 0 Å². The van der Waals surface area contributed by atoms with E-state index in [0.717, 1.165) is 12.8 Å². The number of carbonyl (C=O) groups is 2. The fraction of sp³-hybridized carbons (Fsp3) is 0.609. The molecule has 2 fully saturated rings. The van der Waals surface area contributed by atoms with E-state index < -0.39 is 12.1 Å². The summed E-state index contributed by atoms with van der Waals surface area (Å²) in [5.74, 6) is 0.161. The van der Waals surface area contributed by atoms with Gasteiger partial charge in [0, 0.05) is 33.5 Å². The Morgan fingerprint density at radius 3 is 2.76 bits per heavy atom. The number of nitrogens with zero attached hydrogens (tertiary/aromatic N) is 5. The van der Waals surface area contributed by atoms with Crippen molar-refractivity contribution < 1.29 is 28.9 Å². The Morgan fingerprint density at radius 2 is 2.09 bits per heavy atom. The van der Waals surface area contributed by atoms with E-state index in [4.69, 9.17) is 14.2 Å². The third-order valence-corrected chi connectivity index (χ3v) is 6.43. The van der Waals surface area contributed by atoms with Crippen LogP contribution >= 0.6 is 0 Å². The van der Waals surface area contributed by atoms with Crippen LogP contribution in [-0.2, 0) is 27.9 Å². The van der Waals surface area contributed by atoms with Crippen molar-refractivity contribution in [1.82, 2.24) is 24.9 Å². The minimum Gasteiger partial charge on any atom is -0.488 e. The molecule has 1 saturated heterocycles. The number of amides is 1. The largest absolute Gasteiger partial charge is 0.488 e. The average molecular weight is 474 g/mol. The second-order valence-electron chi connectivity index (χ2n) is 8.98. The average Bonchev–Trinajstić information content (AvgIpc) is 3.16. The highest BCUT2D eigenvalue weighted by Crippen LogP contribution is 2.28. The molecule has 1 aliphatic carbocycles. The summed E-state index contributed by atoms with van der Waals surface area (Å²) in [5.41, 5.74) is 2.40. The standard InChI is InChI=1S/C23H31N5O6/c1-14-19(34-16-9-10-32-20(11-16)22(29)30)8-7-17(24-14)21-18(28(3)26-25-21)13-33-23(31)27(2)12-15-5-4-6-15/h7-8,15-16,20H,4-6,9-13H2,1-3H3,(H,29,30)/t16-,20+/m0/s1. The smallest absolute Gasteiger partial charge is 0.409 e. The van der Waals surface area contributed by atoms with Crippen molar-refractivity contribution in [2.75, 3.05) is 20.2 Å². The molecule has 2 atom stereocenters. The maximum Gasteiger partial charge on any atom is 0.409 e. The number of hydrogen-bond donors (Lipinski definition) is 1. The van der Waals surface area contributed by atoms with Crippen LogP contribution in [0.1, 0.15) is 43.5 Å². The molecule has 4 rings (SSSR count). The van der Waals surface area contributed by atoms with E-state index in [-0.39, 0.29) is 25.2 Å². The molecule has 2 aromatic heterocycles. The highest BCUT2D eigenvalue weighted by atomic mass is 16.6. The van der Waals surface area contributed by atoms with Crippen molar-refractivity contribution in [2.45, 2.75) is 57.8 Å². The predicted molar refractivity (Wildman–Crippen MR) is 120 cm³/mol. The molecule has 11 heteroatoms. The molecule has 0 unspecified atom stereocenters. The monoisotopic (exact) mass is 473 g/mol. The molecule has 2 aliphatic rings. The number of rotatable bonds is 8. The Bertz CT molecular complexity index is 1040. The number of aliphatic carboxylic acids is 1. The van der Waals surface area contributed by atoms with Crippen molar-refractivity contribution in [3.05, 3.63) is 23.5 Å². The lowest BCUT2D eigenvalue weighted by atomic mass is 9.85. The van der Waals surface area contributed by atoms with E-state index in [9.17, 15) is 14.7 Å². The maximum atomic E-state index is 12.4. The summed E-state index contributed by atoms with van der Waals surface area (Å²) in [4.78, 5) is 29.8. The molecule has 0 radical (unpaired) electrons. The number of carboxylic acid groups (broad SMARTS) is 1. The van der Waals surface area contributed by atoms with Gasteiger partial charge >= 0.3 is 12.1 Å². The first-order chi connectivity index (χ1) is 16.3. The summed E-state index contributed by atoms with van der Waals surface area (Å²) in [6, 6.07) is 3.56. The molecule has 184 valence electrons. The molecule has 2 aromatic rings. The third kappa shape index (κ3) is 5.46. The van der Waals surface area contributed by atoms with Gasteiger partial charge < -0.3 is 24.2 Å². The molecule has 34 heavy (non-hydrogen) atoms. The molecule has 11 nitrogen and oxygen atoms in total. The lowest BCUT2D eigenvalue weighted by Crippen LogP contribution is -2.37. The fourth-order valence-corrected chi connectivity index (χ4v) is 4.14. The number of carbonyl (C=O) groups excluding carboxylic acids is 1. The lowest BCUT2D eigenvalue weighted by molar-refractivity contribution is -0.156. The van der Waals surface area contributed by atoms with Gasteiger partial charge in [-0.25, -0.2) is 19.3 Å². The zero-order valence-corrected chi connectivity index (χ0v) is 19.8. The van der Waals surface area contributed by atoms with Gasteiger partial charge in [0.25, 0.3) is 0 Å². The van der Waals surface area contributed by atoms with Crippen molar-refractivity contribution in [3.8, 4) is 17.1 Å². The van der Waals surface area contributed by atoms with Crippen molar-refractivity contribution in [3.63, 3.8) is 0 Å². The second kappa shape index (κ2) is 10.4. The summed E-state index contributed by atoms with van der Waals surface area (Å²) in [5, 5.41) is 17.5. The minimum atomic E-state index is -0.983. The molecule has 1 N–H and O–H groups in total. The van der Waals surface area contributed by atoms with Crippen molar-refractivity contribution >= 4 is 12.1 Å². The Kier molecular flexibility index (Phi) is 7.30. The summed E-state index contributed by atoms with van der Waals surface area (Å²) in [7, 11) is 3.50. The normalized spacial score (nSPS) is 20.4. The first-order valence-electron chi connectivity index (χ1n) is 11.6. The van der Waals surface area contributed by atoms with E-state index >= 15 is 0 Å². The molecule has 1 amide bonds. The Balaban J connectivity index is 1.41. The van der Waals surface area contributed by atoms with Gasteiger partial charge in [-0.3, -0.25) is 0 Å². The van der Waals surface area contributed by atoms with Crippen LogP contribution in [0, 0.1) is 12.8 Å². The van der Waals surface area contributed by atoms with Gasteiger partial charge in [-0.05, 0) is 37.8 Å². The van der Waals surface area contributed by atoms with Crippen LogP contribution in [0.4, 0.5) is 4.79 Å². The van der Waals surface area contributed by atoms with Crippen molar-refractivity contribution in [2.24, 2.45) is 13.0 Å². The number of ether oxygens (including phenoxy) is 3. The first kappa shape index (κ1) is 23.9. The zero-order chi connectivity index (χ0) is 24.2. The Morgan fingerprint density at radius 1 is 1.29 bits per heavy atom. The lowest BCUT2D eigenvalue weighted by Gasteiger charge is -2.29. The SMILES string of the molecule is Cc1nc(-c2nnn(C)c2COC(=O)N(C)CC2CCC2)ccc1O[C@H]1CCO[C@@H](C(=O)O)C1. The second-order valence-corrected chi connectivity index (χ2v) is 8.98. The summed E-state index contributed by atoms with van der Waals surface area (Å²) in [6.07, 6.45) is 2.95. The van der Waals surface area contributed by atoms with Gasteiger partial charge in [0.1, 0.15) is 29.8 Å². The number of pyridine rings is 1. The molecular formula is C23H31N5O6. The fourth-order valence-electron chi connectivity index (χ4n) is 4.14. The summed E-state index contributed by atoms with van der Waals surface area (Å²) < 4.78 is 18.4. The number of hydrogen-bond acceptors (Lipinski definition) is 8. The topological polar surface area (TPSA) is 129 Å². The Hall–Kier alpha value is -3.21. The minimum absolute atomic E-state index is 0.0320.